The highest BCUT2D eigenvalue weighted by atomic mass is 35.5. The molecule has 1 aliphatic rings. The molecule has 2 N–H and O–H groups in total. The van der Waals surface area contributed by atoms with E-state index >= 15 is 0 Å². The lowest BCUT2D eigenvalue weighted by Gasteiger charge is -2.16. The van der Waals surface area contributed by atoms with E-state index in [1.165, 1.54) is 30.6 Å². The topological polar surface area (TPSA) is 35.9 Å². The monoisotopic (exact) mass is 258 g/mol. The van der Waals surface area contributed by atoms with E-state index in [2.05, 4.69) is 22.8 Å². The van der Waals surface area contributed by atoms with Crippen LogP contribution in [0, 0.1) is 5.41 Å². The number of hydrogen-bond acceptors (Lipinski definition) is 2. The fraction of sp³-hybridized carbons (Fsp3) is 0.583. The number of aryl methyl sites for hydroxylation is 1. The summed E-state index contributed by atoms with van der Waals surface area (Å²) in [5.41, 5.74) is 0. The van der Waals surface area contributed by atoms with Gasteiger partial charge in [0, 0.05) is 17.3 Å². The van der Waals surface area contributed by atoms with Crippen LogP contribution >= 0.6 is 23.7 Å². The maximum atomic E-state index is 7.70. The standard InChI is InChI=1S/C12H18N2S.ClH/c13-12-6-2-1-4-10(14-12)7-8-11-5-3-9-15-11;/h3,5,9-10H,1-2,4,6-8H2,(H2,13,14);1H. The fourth-order valence-electron chi connectivity index (χ4n) is 2.07. The Morgan fingerprint density at radius 2 is 2.31 bits per heavy atom. The molecule has 0 bridgehead atoms. The molecule has 1 atom stereocenters. The summed E-state index contributed by atoms with van der Waals surface area (Å²) in [6, 6.07) is 4.84. The quantitative estimate of drug-likeness (QED) is 0.854. The minimum atomic E-state index is 0. The first-order chi connectivity index (χ1) is 7.34. The second-order valence-corrected chi connectivity index (χ2v) is 5.22. The molecule has 4 heteroatoms. The molecule has 0 aromatic carbocycles. The fourth-order valence-corrected chi connectivity index (χ4v) is 2.80. The van der Waals surface area contributed by atoms with Crippen LogP contribution in [0.2, 0.25) is 0 Å². The van der Waals surface area contributed by atoms with Crippen LogP contribution < -0.4 is 5.32 Å². The molecule has 1 aromatic rings. The van der Waals surface area contributed by atoms with Gasteiger partial charge >= 0.3 is 0 Å². The summed E-state index contributed by atoms with van der Waals surface area (Å²) in [6.07, 6.45) is 6.95. The third kappa shape index (κ3) is 4.14. The Bertz CT molecular complexity index is 311. The molecule has 0 saturated carbocycles. The maximum absolute atomic E-state index is 7.70. The molecule has 1 aromatic heterocycles. The molecule has 1 unspecified atom stereocenters. The van der Waals surface area contributed by atoms with E-state index in [-0.39, 0.29) is 12.4 Å². The Hall–Kier alpha value is -0.540. The first kappa shape index (κ1) is 13.5. The molecule has 1 aliphatic heterocycles. The van der Waals surface area contributed by atoms with E-state index in [1.54, 1.807) is 0 Å². The zero-order valence-electron chi connectivity index (χ0n) is 9.37. The van der Waals surface area contributed by atoms with Gasteiger partial charge in [-0.2, -0.15) is 0 Å². The summed E-state index contributed by atoms with van der Waals surface area (Å²) in [5.74, 6) is 0.740. The molecule has 90 valence electrons. The van der Waals surface area contributed by atoms with Crippen LogP contribution in [0.25, 0.3) is 0 Å². The lowest BCUT2D eigenvalue weighted by Crippen LogP contribution is -2.32. The smallest absolute Gasteiger partial charge is 0.0933 e. The lowest BCUT2D eigenvalue weighted by molar-refractivity contribution is 0.518. The minimum absolute atomic E-state index is 0. The van der Waals surface area contributed by atoms with Crippen molar-refractivity contribution in [1.29, 1.82) is 5.41 Å². The van der Waals surface area contributed by atoms with Gasteiger partial charge in [-0.25, -0.2) is 0 Å². The van der Waals surface area contributed by atoms with E-state index in [0.717, 1.165) is 18.7 Å². The highest BCUT2D eigenvalue weighted by Crippen LogP contribution is 2.16. The number of halogens is 1. The number of amidine groups is 1. The third-order valence-electron chi connectivity index (χ3n) is 2.93. The van der Waals surface area contributed by atoms with E-state index in [0.29, 0.717) is 6.04 Å². The first-order valence-electron chi connectivity index (χ1n) is 5.71. The van der Waals surface area contributed by atoms with Crippen molar-refractivity contribution in [3.05, 3.63) is 22.4 Å². The van der Waals surface area contributed by atoms with Crippen molar-refractivity contribution >= 4 is 29.6 Å². The molecule has 16 heavy (non-hydrogen) atoms. The van der Waals surface area contributed by atoms with Gasteiger partial charge in [-0.3, -0.25) is 5.41 Å². The van der Waals surface area contributed by atoms with Crippen molar-refractivity contribution < 1.29 is 0 Å². The number of thiophene rings is 1. The average molecular weight is 259 g/mol. The maximum Gasteiger partial charge on any atom is 0.0933 e. The summed E-state index contributed by atoms with van der Waals surface area (Å²) in [4.78, 5) is 1.47. The van der Waals surface area contributed by atoms with E-state index in [9.17, 15) is 0 Å². The van der Waals surface area contributed by atoms with Crippen molar-refractivity contribution in [1.82, 2.24) is 5.32 Å². The van der Waals surface area contributed by atoms with Gasteiger partial charge in [0.1, 0.15) is 0 Å². The van der Waals surface area contributed by atoms with Crippen LogP contribution in [-0.4, -0.2) is 11.9 Å². The zero-order chi connectivity index (χ0) is 10.5. The first-order valence-corrected chi connectivity index (χ1v) is 6.59. The molecule has 1 fully saturated rings. The predicted octanol–water partition coefficient (Wildman–Crippen LogP) is 3.61. The SMILES string of the molecule is Cl.N=C1CCCCC(CCc2cccs2)N1. The molecule has 2 heterocycles. The van der Waals surface area contributed by atoms with Crippen molar-refractivity contribution in [3.8, 4) is 0 Å². The van der Waals surface area contributed by atoms with Crippen LogP contribution in [0.5, 0.6) is 0 Å². The summed E-state index contributed by atoms with van der Waals surface area (Å²) in [7, 11) is 0. The van der Waals surface area contributed by atoms with Crippen LogP contribution in [0.4, 0.5) is 0 Å². The second kappa shape index (κ2) is 6.92. The largest absolute Gasteiger partial charge is 0.371 e. The highest BCUT2D eigenvalue weighted by Gasteiger charge is 2.13. The van der Waals surface area contributed by atoms with Crippen LogP contribution in [0.15, 0.2) is 17.5 Å². The average Bonchev–Trinajstić information content (AvgIpc) is 2.65. The zero-order valence-corrected chi connectivity index (χ0v) is 11.0. The predicted molar refractivity (Wildman–Crippen MR) is 73.0 cm³/mol. The normalized spacial score (nSPS) is 20.8. The second-order valence-electron chi connectivity index (χ2n) is 4.18. The third-order valence-corrected chi connectivity index (χ3v) is 3.86. The van der Waals surface area contributed by atoms with Gasteiger partial charge in [0.2, 0.25) is 0 Å². The van der Waals surface area contributed by atoms with E-state index in [4.69, 9.17) is 5.41 Å². The Labute approximate surface area is 107 Å². The van der Waals surface area contributed by atoms with Crippen molar-refractivity contribution in [2.75, 3.05) is 0 Å². The molecule has 1 saturated heterocycles. The van der Waals surface area contributed by atoms with E-state index in [1.807, 2.05) is 11.3 Å². The van der Waals surface area contributed by atoms with Gasteiger partial charge < -0.3 is 5.32 Å². The van der Waals surface area contributed by atoms with Crippen molar-refractivity contribution in [3.63, 3.8) is 0 Å². The van der Waals surface area contributed by atoms with Crippen molar-refractivity contribution in [2.24, 2.45) is 0 Å². The molecular weight excluding hydrogens is 240 g/mol. The number of nitrogens with one attached hydrogen (secondary N) is 2. The number of rotatable bonds is 3. The van der Waals surface area contributed by atoms with Gasteiger partial charge in [0.25, 0.3) is 0 Å². The van der Waals surface area contributed by atoms with Crippen molar-refractivity contribution in [2.45, 2.75) is 44.6 Å². The molecule has 0 spiro atoms. The molecule has 2 rings (SSSR count). The summed E-state index contributed by atoms with van der Waals surface area (Å²) in [5, 5.41) is 13.2. The van der Waals surface area contributed by atoms with Gasteiger partial charge in [-0.05, 0) is 37.1 Å². The Morgan fingerprint density at radius 1 is 1.44 bits per heavy atom. The molecular formula is C12H19ClN2S. The van der Waals surface area contributed by atoms with Gasteiger partial charge in [-0.1, -0.05) is 12.5 Å². The summed E-state index contributed by atoms with van der Waals surface area (Å²) in [6.45, 7) is 0. The summed E-state index contributed by atoms with van der Waals surface area (Å²) < 4.78 is 0. The Morgan fingerprint density at radius 3 is 3.06 bits per heavy atom. The van der Waals surface area contributed by atoms with E-state index < -0.39 is 0 Å². The van der Waals surface area contributed by atoms with Crippen LogP contribution in [0.3, 0.4) is 0 Å². The van der Waals surface area contributed by atoms with Crippen LogP contribution in [-0.2, 0) is 6.42 Å². The molecule has 0 amide bonds. The molecule has 0 radical (unpaired) electrons. The highest BCUT2D eigenvalue weighted by molar-refractivity contribution is 7.09. The summed E-state index contributed by atoms with van der Waals surface area (Å²) >= 11 is 1.84. The van der Waals surface area contributed by atoms with Gasteiger partial charge in [0.05, 0.1) is 5.84 Å². The van der Waals surface area contributed by atoms with Crippen LogP contribution in [0.1, 0.15) is 37.0 Å². The minimum Gasteiger partial charge on any atom is -0.371 e. The lowest BCUT2D eigenvalue weighted by atomic mass is 10.1. The van der Waals surface area contributed by atoms with Gasteiger partial charge in [-0.15, -0.1) is 23.7 Å². The Kier molecular flexibility index (Phi) is 5.85. The van der Waals surface area contributed by atoms with Gasteiger partial charge in [0.15, 0.2) is 0 Å². The number of hydrogen-bond donors (Lipinski definition) is 2. The molecule has 2 nitrogen and oxygen atoms in total. The Balaban J connectivity index is 0.00000128. The molecule has 0 aliphatic carbocycles.